The Morgan fingerprint density at radius 1 is 1.43 bits per heavy atom. The monoisotopic (exact) mass is 323 g/mol. The molecule has 0 amide bonds. The first-order valence-electron chi connectivity index (χ1n) is 7.34. The third-order valence-corrected chi connectivity index (χ3v) is 5.48. The molecule has 3 rings (SSSR count). The Hall–Kier alpha value is -1.13. The zero-order chi connectivity index (χ0) is 14.8. The molecule has 1 fully saturated rings. The fourth-order valence-corrected chi connectivity index (χ4v) is 4.40. The van der Waals surface area contributed by atoms with E-state index in [9.17, 15) is 4.79 Å². The number of hydrogen-bond donors (Lipinski definition) is 1. The zero-order valence-electron chi connectivity index (χ0n) is 11.9. The molecule has 0 aliphatic heterocycles. The minimum atomic E-state index is -0.287. The Labute approximate surface area is 133 Å². The predicted molar refractivity (Wildman–Crippen MR) is 87.4 cm³/mol. The summed E-state index contributed by atoms with van der Waals surface area (Å²) in [6.07, 6.45) is 4.96. The van der Waals surface area contributed by atoms with Gasteiger partial charge >= 0.3 is 5.97 Å². The highest BCUT2D eigenvalue weighted by atomic mass is 35.5. The van der Waals surface area contributed by atoms with Gasteiger partial charge in [-0.15, -0.1) is 11.8 Å². The maximum atomic E-state index is 12.2. The highest BCUT2D eigenvalue weighted by Gasteiger charge is 2.24. The van der Waals surface area contributed by atoms with Gasteiger partial charge in [0.2, 0.25) is 0 Å². The topological polar surface area (TPSA) is 42.1 Å². The second-order valence-electron chi connectivity index (χ2n) is 5.26. The van der Waals surface area contributed by atoms with Crippen LogP contribution in [0.25, 0.3) is 10.9 Å². The lowest BCUT2D eigenvalue weighted by molar-refractivity contribution is 0.0516. The number of rotatable bonds is 4. The Balaban J connectivity index is 2.04. The average Bonchev–Trinajstić information content (AvgIpc) is 3.08. The third-order valence-electron chi connectivity index (χ3n) is 3.78. The maximum Gasteiger partial charge on any atom is 0.355 e. The van der Waals surface area contributed by atoms with Gasteiger partial charge in [-0.1, -0.05) is 24.4 Å². The summed E-state index contributed by atoms with van der Waals surface area (Å²) in [5.41, 5.74) is 1.49. The van der Waals surface area contributed by atoms with Gasteiger partial charge in [-0.05, 0) is 38.0 Å². The minimum absolute atomic E-state index is 0.287. The number of nitrogens with one attached hydrogen (secondary N) is 1. The number of aromatic amines is 1. The van der Waals surface area contributed by atoms with Gasteiger partial charge in [0.25, 0.3) is 0 Å². The van der Waals surface area contributed by atoms with E-state index in [0.717, 1.165) is 15.8 Å². The number of esters is 1. The van der Waals surface area contributed by atoms with Crippen LogP contribution in [0.4, 0.5) is 0 Å². The van der Waals surface area contributed by atoms with E-state index >= 15 is 0 Å². The van der Waals surface area contributed by atoms with E-state index in [0.29, 0.717) is 22.6 Å². The average molecular weight is 324 g/mol. The van der Waals surface area contributed by atoms with Crippen LogP contribution in [-0.4, -0.2) is 22.8 Å². The van der Waals surface area contributed by atoms with Gasteiger partial charge in [-0.2, -0.15) is 0 Å². The Morgan fingerprint density at radius 3 is 2.90 bits per heavy atom. The summed E-state index contributed by atoms with van der Waals surface area (Å²) in [4.78, 5) is 16.4. The van der Waals surface area contributed by atoms with Gasteiger partial charge in [-0.25, -0.2) is 4.79 Å². The largest absolute Gasteiger partial charge is 0.461 e. The fourth-order valence-electron chi connectivity index (χ4n) is 2.78. The van der Waals surface area contributed by atoms with Crippen LogP contribution >= 0.6 is 23.4 Å². The van der Waals surface area contributed by atoms with Crippen LogP contribution in [0.2, 0.25) is 5.02 Å². The van der Waals surface area contributed by atoms with E-state index in [2.05, 4.69) is 4.98 Å². The SMILES string of the molecule is CCOC(=O)c1[nH]c2ccc(Cl)cc2c1SC1CCCC1. The Bertz CT molecular complexity index is 662. The van der Waals surface area contributed by atoms with E-state index in [4.69, 9.17) is 16.3 Å². The zero-order valence-corrected chi connectivity index (χ0v) is 13.5. The number of carbonyl (C=O) groups excluding carboxylic acids is 1. The van der Waals surface area contributed by atoms with E-state index in [1.165, 1.54) is 25.7 Å². The summed E-state index contributed by atoms with van der Waals surface area (Å²) < 4.78 is 5.18. The van der Waals surface area contributed by atoms with Gasteiger partial charge in [0, 0.05) is 26.1 Å². The van der Waals surface area contributed by atoms with Gasteiger partial charge in [0.05, 0.1) is 6.61 Å². The second-order valence-corrected chi connectivity index (χ2v) is 7.01. The van der Waals surface area contributed by atoms with Crippen LogP contribution in [0.1, 0.15) is 43.1 Å². The van der Waals surface area contributed by atoms with E-state index in [-0.39, 0.29) is 5.97 Å². The van der Waals surface area contributed by atoms with Gasteiger partial charge in [0.1, 0.15) is 5.69 Å². The smallest absolute Gasteiger partial charge is 0.355 e. The lowest BCUT2D eigenvalue weighted by atomic mass is 10.2. The number of ether oxygens (including phenoxy) is 1. The molecular formula is C16H18ClNO2S. The van der Waals surface area contributed by atoms with E-state index in [1.807, 2.05) is 25.1 Å². The molecule has 2 aromatic rings. The highest BCUT2D eigenvalue weighted by Crippen LogP contribution is 2.41. The molecule has 1 aliphatic carbocycles. The van der Waals surface area contributed by atoms with Gasteiger partial charge in [0.15, 0.2) is 0 Å². The molecule has 21 heavy (non-hydrogen) atoms. The number of carbonyl (C=O) groups is 1. The number of hydrogen-bond acceptors (Lipinski definition) is 3. The van der Waals surface area contributed by atoms with Crippen LogP contribution in [0.15, 0.2) is 23.1 Å². The summed E-state index contributed by atoms with van der Waals surface area (Å²) in [6, 6.07) is 5.67. The van der Waals surface area contributed by atoms with Crippen molar-refractivity contribution in [3.63, 3.8) is 0 Å². The fraction of sp³-hybridized carbons (Fsp3) is 0.438. The maximum absolute atomic E-state index is 12.2. The van der Waals surface area contributed by atoms with E-state index < -0.39 is 0 Å². The number of fused-ring (bicyclic) bond motifs is 1. The third kappa shape index (κ3) is 3.06. The van der Waals surface area contributed by atoms with E-state index in [1.54, 1.807) is 11.8 Å². The molecule has 5 heteroatoms. The van der Waals surface area contributed by atoms with Crippen molar-refractivity contribution in [1.29, 1.82) is 0 Å². The van der Waals surface area contributed by atoms with Crippen molar-refractivity contribution in [1.82, 2.24) is 4.98 Å². The van der Waals surface area contributed by atoms with Crippen LogP contribution in [-0.2, 0) is 4.74 Å². The van der Waals surface area contributed by atoms with Crippen LogP contribution in [0.5, 0.6) is 0 Å². The lowest BCUT2D eigenvalue weighted by Crippen LogP contribution is -2.07. The molecule has 0 radical (unpaired) electrons. The molecule has 1 aromatic carbocycles. The molecule has 0 spiro atoms. The van der Waals surface area contributed by atoms with Crippen molar-refractivity contribution in [3.05, 3.63) is 28.9 Å². The van der Waals surface area contributed by atoms with Crippen LogP contribution < -0.4 is 0 Å². The molecule has 112 valence electrons. The first-order valence-corrected chi connectivity index (χ1v) is 8.59. The predicted octanol–water partition coefficient (Wildman–Crippen LogP) is 5.03. The summed E-state index contributed by atoms with van der Waals surface area (Å²) >= 11 is 7.90. The molecule has 0 saturated heterocycles. The van der Waals surface area contributed by atoms with Crippen LogP contribution in [0.3, 0.4) is 0 Å². The molecule has 1 N–H and O–H groups in total. The molecular weight excluding hydrogens is 306 g/mol. The van der Waals surface area contributed by atoms with Crippen molar-refractivity contribution in [3.8, 4) is 0 Å². The second kappa shape index (κ2) is 6.32. The van der Waals surface area contributed by atoms with Gasteiger partial charge < -0.3 is 9.72 Å². The molecule has 1 saturated carbocycles. The molecule has 1 heterocycles. The highest BCUT2D eigenvalue weighted by molar-refractivity contribution is 8.00. The molecule has 0 unspecified atom stereocenters. The molecule has 0 bridgehead atoms. The van der Waals surface area contributed by atoms with Crippen molar-refractivity contribution < 1.29 is 9.53 Å². The van der Waals surface area contributed by atoms with Crippen molar-refractivity contribution in [2.75, 3.05) is 6.61 Å². The minimum Gasteiger partial charge on any atom is -0.461 e. The normalized spacial score (nSPS) is 15.7. The molecule has 1 aliphatic rings. The van der Waals surface area contributed by atoms with Crippen molar-refractivity contribution in [2.24, 2.45) is 0 Å². The van der Waals surface area contributed by atoms with Crippen molar-refractivity contribution in [2.45, 2.75) is 42.8 Å². The number of thioether (sulfide) groups is 1. The summed E-state index contributed by atoms with van der Waals surface area (Å²) in [7, 11) is 0. The number of aromatic nitrogens is 1. The summed E-state index contributed by atoms with van der Waals surface area (Å²) in [5.74, 6) is -0.287. The molecule has 0 atom stereocenters. The van der Waals surface area contributed by atoms with Gasteiger partial charge in [-0.3, -0.25) is 0 Å². The number of H-pyrrole nitrogens is 1. The standard InChI is InChI=1S/C16H18ClNO2S/c1-2-20-16(19)14-15(21-11-5-3-4-6-11)12-9-10(17)7-8-13(12)18-14/h7-9,11,18H,2-6H2,1H3. The quantitative estimate of drug-likeness (QED) is 0.802. The first kappa shape index (κ1) is 14.8. The molecule has 3 nitrogen and oxygen atoms in total. The summed E-state index contributed by atoms with van der Waals surface area (Å²) in [5, 5.41) is 2.28. The van der Waals surface area contributed by atoms with Crippen molar-refractivity contribution >= 4 is 40.2 Å². The Morgan fingerprint density at radius 2 is 2.19 bits per heavy atom. The molecule has 1 aromatic heterocycles. The number of halogens is 1. The first-order chi connectivity index (χ1) is 10.2. The lowest BCUT2D eigenvalue weighted by Gasteiger charge is -2.10. The summed E-state index contributed by atoms with van der Waals surface area (Å²) in [6.45, 7) is 2.20. The Kier molecular flexibility index (Phi) is 4.45. The number of benzene rings is 1. The van der Waals surface area contributed by atoms with Crippen LogP contribution in [0, 0.1) is 0 Å².